The third-order valence-corrected chi connectivity index (χ3v) is 36.8. The Labute approximate surface area is 361 Å². The fraction of sp³-hybridized carbons (Fsp3) is 0. The van der Waals surface area contributed by atoms with Gasteiger partial charge < -0.3 is 0 Å². The number of hydrogen-bond acceptors (Lipinski definition) is 0. The van der Waals surface area contributed by atoms with Gasteiger partial charge in [0, 0.05) is 0 Å². The van der Waals surface area contributed by atoms with Crippen LogP contribution >= 0.6 is 115 Å². The van der Waals surface area contributed by atoms with E-state index in [2.05, 4.69) is 297 Å². The molecule has 6 rings (SSSR count). The van der Waals surface area contributed by atoms with Crippen molar-refractivity contribution in [2.75, 3.05) is 0 Å². The topological polar surface area (TPSA) is 0 Å². The predicted octanol–water partition coefficient (Wildman–Crippen LogP) is 3.73. The van der Waals surface area contributed by atoms with Crippen molar-refractivity contribution in [3.05, 3.63) is 182 Å². The van der Waals surface area contributed by atoms with Crippen LogP contribution in [0.4, 0.5) is 0 Å². The summed E-state index contributed by atoms with van der Waals surface area (Å²) in [4.78, 5) is 0. The van der Waals surface area contributed by atoms with Crippen LogP contribution in [0.2, 0.25) is 0 Å². The van der Waals surface area contributed by atoms with Crippen molar-refractivity contribution < 1.29 is 26.5 Å². The molecule has 46 heavy (non-hydrogen) atoms. The zero-order chi connectivity index (χ0) is 33.1. The van der Waals surface area contributed by atoms with E-state index in [1.807, 2.05) is 0 Å². The molecule has 0 aliphatic carbocycles. The van der Waals surface area contributed by atoms with Crippen LogP contribution in [-0.4, -0.2) is 20.4 Å². The molecule has 0 saturated heterocycles. The van der Waals surface area contributed by atoms with Crippen molar-refractivity contribution in [3.8, 4) is 0 Å². The Morgan fingerprint density at radius 3 is 0.478 bits per heavy atom. The average molecular weight is 1630 g/mol. The molecule has 0 aliphatic rings. The molecule has 0 bridgehead atoms. The summed E-state index contributed by atoms with van der Waals surface area (Å²) in [7, 11) is -4.65. The number of benzene rings is 6. The number of rotatable bonds is 6. The van der Waals surface area contributed by atoms with Gasteiger partial charge >= 0.3 is 370 Å². The first-order chi connectivity index (χ1) is 22.5. The van der Waals surface area contributed by atoms with Gasteiger partial charge in [0.2, 0.25) is 0 Å². The standard InChI is InChI=1S/2C18H15AsI.2I3/c2*20-19(16-10-4-1-5-11-16,17-12-6-2-7-13-17)18-14-8-3-9-15-18;2*1-3-2/h2*1-15H;;/q2*+1;2*-1. The van der Waals surface area contributed by atoms with E-state index in [-0.39, 0.29) is 0 Å². The molecule has 0 aromatic heterocycles. The van der Waals surface area contributed by atoms with E-state index >= 15 is 0 Å². The van der Waals surface area contributed by atoms with Crippen LogP contribution < -0.4 is 52.6 Å². The van der Waals surface area contributed by atoms with E-state index < -0.39 is 20.4 Å². The fourth-order valence-electron chi connectivity index (χ4n) is 4.69. The van der Waals surface area contributed by atoms with Crippen molar-refractivity contribution in [2.45, 2.75) is 0 Å². The Balaban J connectivity index is 0.000000214. The third-order valence-electron chi connectivity index (χ3n) is 6.67. The van der Waals surface area contributed by atoms with E-state index in [9.17, 15) is 0 Å². The molecule has 0 spiro atoms. The summed E-state index contributed by atoms with van der Waals surface area (Å²) in [6.45, 7) is 0. The van der Waals surface area contributed by atoms with E-state index in [4.69, 9.17) is 0 Å². The minimum absolute atomic E-state index is 0.530. The predicted molar refractivity (Wildman–Crippen MR) is 252 cm³/mol. The summed E-state index contributed by atoms with van der Waals surface area (Å²) < 4.78 is 8.85. The minimum atomic E-state index is -2.32. The van der Waals surface area contributed by atoms with Gasteiger partial charge in [0.05, 0.1) is 0 Å². The Bertz CT molecular complexity index is 1310. The Kier molecular flexibility index (Phi) is 22.7. The van der Waals surface area contributed by atoms with E-state index in [0.29, 0.717) is 26.5 Å². The van der Waals surface area contributed by atoms with E-state index in [1.54, 1.807) is 0 Å². The van der Waals surface area contributed by atoms with Crippen LogP contribution in [-0.2, 0) is 0 Å². The molecule has 0 radical (unpaired) electrons. The summed E-state index contributed by atoms with van der Waals surface area (Å²) in [6, 6.07) is 65.7. The van der Waals surface area contributed by atoms with Crippen LogP contribution in [0.25, 0.3) is 0 Å². The fourth-order valence-corrected chi connectivity index (χ4v) is 25.8. The maximum atomic E-state index is 2.74. The molecular weight excluding hydrogens is 1600 g/mol. The summed E-state index contributed by atoms with van der Waals surface area (Å²) in [5.74, 6) is 0. The first kappa shape index (κ1) is 42.7. The molecule has 6 aromatic carbocycles. The van der Waals surface area contributed by atoms with Gasteiger partial charge in [-0.2, -0.15) is 0 Å². The van der Waals surface area contributed by atoms with Gasteiger partial charge in [-0.25, -0.2) is 0 Å². The summed E-state index contributed by atoms with van der Waals surface area (Å²) in [5, 5.41) is 0. The van der Waals surface area contributed by atoms with E-state index in [1.165, 1.54) is 26.1 Å². The Morgan fingerprint density at radius 1 is 0.261 bits per heavy atom. The molecule has 0 fully saturated rings. The normalized spacial score (nSPS) is 10.7. The molecule has 0 unspecified atom stereocenters. The molecule has 0 N–H and O–H groups in total. The van der Waals surface area contributed by atoms with Crippen molar-refractivity contribution in [3.63, 3.8) is 0 Å². The number of hydrogen-bond donors (Lipinski definition) is 0. The van der Waals surface area contributed by atoms with Crippen molar-refractivity contribution in [2.24, 2.45) is 0 Å². The molecule has 0 amide bonds. The molecule has 0 saturated carbocycles. The Hall–Kier alpha value is 2.28. The van der Waals surface area contributed by atoms with Gasteiger partial charge in [-0.15, -0.1) is 0 Å². The van der Waals surface area contributed by atoms with Crippen LogP contribution in [0.5, 0.6) is 0 Å². The van der Waals surface area contributed by atoms with Crippen LogP contribution in [0.1, 0.15) is 0 Å². The molecule has 0 nitrogen and oxygen atoms in total. The van der Waals surface area contributed by atoms with Gasteiger partial charge in [-0.1, -0.05) is 0 Å². The second kappa shape index (κ2) is 24.5. The van der Waals surface area contributed by atoms with Gasteiger partial charge in [0.1, 0.15) is 0 Å². The average Bonchev–Trinajstić information content (AvgIpc) is 3.14. The monoisotopic (exact) mass is 1630 g/mol. The van der Waals surface area contributed by atoms with Crippen molar-refractivity contribution in [1.29, 1.82) is 0 Å². The third kappa shape index (κ3) is 12.7. The molecule has 240 valence electrons. The van der Waals surface area contributed by atoms with Gasteiger partial charge in [-0.3, -0.25) is 0 Å². The van der Waals surface area contributed by atoms with Gasteiger partial charge in [-0.05, 0) is 0 Å². The molecular formula is C36H30As2I8. The number of halogens is 8. The first-order valence-electron chi connectivity index (χ1n) is 13.7. The molecule has 0 heterocycles. The van der Waals surface area contributed by atoms with E-state index in [0.717, 1.165) is 0 Å². The molecule has 6 aromatic rings. The quantitative estimate of drug-likeness (QED) is 0.177. The SMILES string of the molecule is I[As+](c1ccccc1)(c1ccccc1)c1ccccc1.I[As+](c1ccccc1)(c1ccccc1)c1ccccc1.I[I-]I.I[I-]I. The molecule has 0 atom stereocenters. The molecule has 10 heteroatoms. The summed E-state index contributed by atoms with van der Waals surface area (Å²) in [5.41, 5.74) is 0. The van der Waals surface area contributed by atoms with Crippen molar-refractivity contribution in [1.82, 2.24) is 0 Å². The molecule has 0 aliphatic heterocycles. The zero-order valence-electron chi connectivity index (χ0n) is 24.2. The van der Waals surface area contributed by atoms with Gasteiger partial charge in [0.15, 0.2) is 0 Å². The first-order valence-corrected chi connectivity index (χ1v) is 55.9. The summed E-state index contributed by atoms with van der Waals surface area (Å²) in [6.07, 6.45) is 0. The van der Waals surface area contributed by atoms with Crippen LogP contribution in [0, 0.1) is 0 Å². The van der Waals surface area contributed by atoms with Crippen LogP contribution in [0.15, 0.2) is 182 Å². The maximum absolute atomic E-state index is 2.74. The second-order valence-electron chi connectivity index (χ2n) is 9.30. The second-order valence-corrected chi connectivity index (χ2v) is 68.3. The Morgan fingerprint density at radius 2 is 0.370 bits per heavy atom. The van der Waals surface area contributed by atoms with Crippen molar-refractivity contribution >= 4 is 161 Å². The van der Waals surface area contributed by atoms with Gasteiger partial charge in [0.25, 0.3) is 0 Å². The van der Waals surface area contributed by atoms with Crippen LogP contribution in [0.3, 0.4) is 0 Å². The zero-order valence-corrected chi connectivity index (χ0v) is 45.3. The summed E-state index contributed by atoms with van der Waals surface area (Å²) >= 11 is 16.1.